The zero-order valence-electron chi connectivity index (χ0n) is 14.3. The van der Waals surface area contributed by atoms with Crippen molar-refractivity contribution in [3.8, 4) is 0 Å². The molecule has 2 aromatic rings. The van der Waals surface area contributed by atoms with Crippen LogP contribution in [0.3, 0.4) is 0 Å². The van der Waals surface area contributed by atoms with Gasteiger partial charge in [-0.2, -0.15) is 5.10 Å². The lowest BCUT2D eigenvalue weighted by Gasteiger charge is -2.19. The van der Waals surface area contributed by atoms with E-state index in [2.05, 4.69) is 15.8 Å². The molecule has 1 saturated carbocycles. The molecule has 0 bridgehead atoms. The second-order valence-electron chi connectivity index (χ2n) is 6.62. The van der Waals surface area contributed by atoms with E-state index in [1.54, 1.807) is 16.0 Å². The molecule has 6 heteroatoms. The third kappa shape index (κ3) is 4.90. The summed E-state index contributed by atoms with van der Waals surface area (Å²) in [6.07, 6.45) is 12.5. The molecule has 24 heavy (non-hydrogen) atoms. The minimum absolute atomic E-state index is 0.0999. The van der Waals surface area contributed by atoms with Crippen LogP contribution in [0.1, 0.15) is 60.7 Å². The molecule has 0 atom stereocenters. The topological polar surface area (TPSA) is 59.8 Å². The average Bonchev–Trinajstić information content (AvgIpc) is 3.23. The molecule has 1 amide bonds. The number of amides is 1. The lowest BCUT2D eigenvalue weighted by Crippen LogP contribution is -2.25. The van der Waals surface area contributed by atoms with Crippen LogP contribution in [0.25, 0.3) is 0 Å². The van der Waals surface area contributed by atoms with E-state index < -0.39 is 0 Å². The molecule has 130 valence electrons. The van der Waals surface area contributed by atoms with Crippen molar-refractivity contribution in [1.29, 1.82) is 0 Å². The molecule has 0 aromatic carbocycles. The minimum atomic E-state index is 0.0999. The molecule has 5 nitrogen and oxygen atoms in total. The first-order valence-corrected chi connectivity index (χ1v) is 9.77. The number of aromatic nitrogens is 3. The van der Waals surface area contributed by atoms with Gasteiger partial charge in [0.05, 0.1) is 16.9 Å². The Morgan fingerprint density at radius 2 is 2.17 bits per heavy atom. The van der Waals surface area contributed by atoms with Gasteiger partial charge < -0.3 is 5.32 Å². The van der Waals surface area contributed by atoms with Gasteiger partial charge >= 0.3 is 0 Å². The Labute approximate surface area is 147 Å². The maximum absolute atomic E-state index is 11.9. The smallest absolute Gasteiger partial charge is 0.220 e. The Hall–Kier alpha value is -1.69. The van der Waals surface area contributed by atoms with Gasteiger partial charge in [-0.1, -0.05) is 19.3 Å². The summed E-state index contributed by atoms with van der Waals surface area (Å²) in [4.78, 5) is 16.7. The minimum Gasteiger partial charge on any atom is -0.356 e. The number of rotatable bonds is 7. The van der Waals surface area contributed by atoms with Gasteiger partial charge in [-0.25, -0.2) is 4.98 Å². The summed E-state index contributed by atoms with van der Waals surface area (Å²) in [5, 5.41) is 10.5. The largest absolute Gasteiger partial charge is 0.356 e. The zero-order valence-corrected chi connectivity index (χ0v) is 15.1. The molecular weight excluding hydrogens is 320 g/mol. The van der Waals surface area contributed by atoms with Crippen LogP contribution in [-0.2, 0) is 24.7 Å². The van der Waals surface area contributed by atoms with E-state index in [-0.39, 0.29) is 5.91 Å². The lowest BCUT2D eigenvalue weighted by molar-refractivity contribution is -0.121. The van der Waals surface area contributed by atoms with E-state index in [9.17, 15) is 4.79 Å². The summed E-state index contributed by atoms with van der Waals surface area (Å²) in [5.41, 5.74) is 2.38. The normalized spacial score (nSPS) is 15.5. The van der Waals surface area contributed by atoms with Gasteiger partial charge in [0, 0.05) is 43.9 Å². The third-order valence-electron chi connectivity index (χ3n) is 4.65. The van der Waals surface area contributed by atoms with Crippen LogP contribution >= 0.6 is 11.3 Å². The van der Waals surface area contributed by atoms with Crippen molar-refractivity contribution >= 4 is 17.2 Å². The predicted molar refractivity (Wildman–Crippen MR) is 96.2 cm³/mol. The van der Waals surface area contributed by atoms with Crippen molar-refractivity contribution in [3.63, 3.8) is 0 Å². The van der Waals surface area contributed by atoms with Gasteiger partial charge in [0.1, 0.15) is 0 Å². The predicted octanol–water partition coefficient (Wildman–Crippen LogP) is 3.22. The molecule has 2 aromatic heterocycles. The highest BCUT2D eigenvalue weighted by atomic mass is 32.1. The quantitative estimate of drug-likeness (QED) is 0.837. The first-order valence-electron chi connectivity index (χ1n) is 8.89. The Bertz CT molecular complexity index is 658. The first-order chi connectivity index (χ1) is 11.7. The summed E-state index contributed by atoms with van der Waals surface area (Å²) in [7, 11) is 1.89. The molecule has 2 heterocycles. The fourth-order valence-corrected chi connectivity index (χ4v) is 4.16. The molecular formula is C18H26N4OS. The third-order valence-corrected chi connectivity index (χ3v) is 5.58. The molecule has 1 aliphatic rings. The highest BCUT2D eigenvalue weighted by molar-refractivity contribution is 7.09. The Morgan fingerprint density at radius 1 is 1.33 bits per heavy atom. The van der Waals surface area contributed by atoms with Crippen LogP contribution in [0.5, 0.6) is 0 Å². The Morgan fingerprint density at radius 3 is 2.92 bits per heavy atom. The van der Waals surface area contributed by atoms with Crippen molar-refractivity contribution in [1.82, 2.24) is 20.1 Å². The van der Waals surface area contributed by atoms with Gasteiger partial charge in [-0.15, -0.1) is 11.3 Å². The molecule has 0 spiro atoms. The second kappa shape index (κ2) is 8.42. The van der Waals surface area contributed by atoms with E-state index in [1.807, 2.05) is 19.4 Å². The molecule has 0 saturated heterocycles. The monoisotopic (exact) mass is 346 g/mol. The highest BCUT2D eigenvalue weighted by Gasteiger charge is 2.18. The summed E-state index contributed by atoms with van der Waals surface area (Å²) in [6.45, 7) is 0.670. The standard InChI is InChI=1S/C18H26N4OS/c1-22-12-14(11-20-22)7-8-17(23)19-10-9-18-21-16(13-24-18)15-5-3-2-4-6-15/h11-13,15H,2-10H2,1H3,(H,19,23). The molecule has 0 unspecified atom stereocenters. The van der Waals surface area contributed by atoms with E-state index in [4.69, 9.17) is 4.98 Å². The SMILES string of the molecule is Cn1cc(CCC(=O)NCCc2nc(C3CCCCC3)cs2)cn1. The average molecular weight is 347 g/mol. The Kier molecular flexibility index (Phi) is 6.01. The van der Waals surface area contributed by atoms with Crippen LogP contribution < -0.4 is 5.32 Å². The number of nitrogens with one attached hydrogen (secondary N) is 1. The van der Waals surface area contributed by atoms with E-state index in [1.165, 1.54) is 37.8 Å². The van der Waals surface area contributed by atoms with Crippen LogP contribution in [-0.4, -0.2) is 27.2 Å². The molecule has 1 N–H and O–H groups in total. The van der Waals surface area contributed by atoms with Gasteiger partial charge in [0.25, 0.3) is 0 Å². The lowest BCUT2D eigenvalue weighted by atomic mass is 9.87. The van der Waals surface area contributed by atoms with Crippen molar-refractivity contribution in [2.45, 2.75) is 57.3 Å². The van der Waals surface area contributed by atoms with Crippen LogP contribution in [0.4, 0.5) is 0 Å². The fraction of sp³-hybridized carbons (Fsp3) is 0.611. The molecule has 0 aliphatic heterocycles. The number of hydrogen-bond acceptors (Lipinski definition) is 4. The summed E-state index contributed by atoms with van der Waals surface area (Å²) in [5.74, 6) is 0.765. The van der Waals surface area contributed by atoms with E-state index in [0.29, 0.717) is 18.9 Å². The van der Waals surface area contributed by atoms with Gasteiger partial charge in [0.15, 0.2) is 0 Å². The molecule has 1 fully saturated rings. The number of aryl methyl sites for hydroxylation is 2. The number of nitrogens with zero attached hydrogens (tertiary/aromatic N) is 3. The van der Waals surface area contributed by atoms with E-state index >= 15 is 0 Å². The summed E-state index contributed by atoms with van der Waals surface area (Å²) < 4.78 is 1.76. The molecule has 0 radical (unpaired) electrons. The summed E-state index contributed by atoms with van der Waals surface area (Å²) in [6, 6.07) is 0. The Balaban J connectivity index is 1.36. The van der Waals surface area contributed by atoms with Gasteiger partial charge in [-0.05, 0) is 24.8 Å². The van der Waals surface area contributed by atoms with Crippen molar-refractivity contribution in [3.05, 3.63) is 34.0 Å². The van der Waals surface area contributed by atoms with Crippen LogP contribution in [0, 0.1) is 0 Å². The fourth-order valence-electron chi connectivity index (χ4n) is 3.28. The van der Waals surface area contributed by atoms with Crippen LogP contribution in [0.15, 0.2) is 17.8 Å². The summed E-state index contributed by atoms with van der Waals surface area (Å²) >= 11 is 1.73. The number of hydrogen-bond donors (Lipinski definition) is 1. The van der Waals surface area contributed by atoms with Gasteiger partial charge in [-0.3, -0.25) is 9.48 Å². The zero-order chi connectivity index (χ0) is 16.8. The van der Waals surface area contributed by atoms with Crippen molar-refractivity contribution < 1.29 is 4.79 Å². The highest BCUT2D eigenvalue weighted by Crippen LogP contribution is 2.33. The van der Waals surface area contributed by atoms with Crippen molar-refractivity contribution in [2.24, 2.45) is 7.05 Å². The van der Waals surface area contributed by atoms with Crippen molar-refractivity contribution in [2.75, 3.05) is 6.54 Å². The van der Waals surface area contributed by atoms with Crippen LogP contribution in [0.2, 0.25) is 0 Å². The maximum Gasteiger partial charge on any atom is 0.220 e. The second-order valence-corrected chi connectivity index (χ2v) is 7.57. The maximum atomic E-state index is 11.9. The number of carbonyl (C=O) groups excluding carboxylic acids is 1. The molecule has 3 rings (SSSR count). The number of thiazole rings is 1. The number of carbonyl (C=O) groups is 1. The van der Waals surface area contributed by atoms with Gasteiger partial charge in [0.2, 0.25) is 5.91 Å². The molecule has 1 aliphatic carbocycles. The van der Waals surface area contributed by atoms with E-state index in [0.717, 1.165) is 23.4 Å². The first kappa shape index (κ1) is 17.1.